The summed E-state index contributed by atoms with van der Waals surface area (Å²) in [5.41, 5.74) is 6.15. The van der Waals surface area contributed by atoms with E-state index in [9.17, 15) is 4.39 Å². The quantitative estimate of drug-likeness (QED) is 0.129. The minimum atomic E-state index is -0.289. The number of hydrogen-bond acceptors (Lipinski definition) is 9. The standard InChI is InChI=1S/C30H26FN7O2/c1-39-27-18-22(14-17-26(27)40-20-21-12-15-23(31)16-13-21)19-32-38-30-36-28(33-24-8-4-2-5-9-24)35-29(37-30)34-25-10-6-3-7-11-25/h2-19H,20H2,1H3,(H3,33,34,35,36,37,38)/b32-19+. The van der Waals surface area contributed by atoms with Crippen molar-refractivity contribution in [3.05, 3.63) is 120 Å². The topological polar surface area (TPSA) is 106 Å². The van der Waals surface area contributed by atoms with E-state index in [2.05, 4.69) is 36.1 Å². The number of hydrazone groups is 1. The number of aromatic nitrogens is 3. The Labute approximate surface area is 230 Å². The van der Waals surface area contributed by atoms with Crippen molar-refractivity contribution in [1.29, 1.82) is 0 Å². The van der Waals surface area contributed by atoms with E-state index in [4.69, 9.17) is 9.47 Å². The molecule has 0 saturated carbocycles. The summed E-state index contributed by atoms with van der Waals surface area (Å²) in [6, 6.07) is 30.8. The molecule has 3 N–H and O–H groups in total. The molecule has 0 aliphatic rings. The summed E-state index contributed by atoms with van der Waals surface area (Å²) in [6.45, 7) is 0.281. The van der Waals surface area contributed by atoms with Crippen LogP contribution in [0, 0.1) is 5.82 Å². The first-order valence-corrected chi connectivity index (χ1v) is 12.4. The summed E-state index contributed by atoms with van der Waals surface area (Å²) in [4.78, 5) is 13.4. The Morgan fingerprint density at radius 2 is 1.32 bits per heavy atom. The lowest BCUT2D eigenvalue weighted by Crippen LogP contribution is -2.07. The van der Waals surface area contributed by atoms with Crippen LogP contribution < -0.4 is 25.5 Å². The lowest BCUT2D eigenvalue weighted by atomic mass is 10.2. The van der Waals surface area contributed by atoms with Crippen LogP contribution in [0.3, 0.4) is 0 Å². The Kier molecular flexibility index (Phi) is 8.38. The fourth-order valence-corrected chi connectivity index (χ4v) is 3.63. The minimum absolute atomic E-state index is 0.245. The normalized spacial score (nSPS) is 10.8. The molecule has 0 bridgehead atoms. The van der Waals surface area contributed by atoms with Crippen LogP contribution in [0.25, 0.3) is 0 Å². The maximum absolute atomic E-state index is 13.1. The van der Waals surface area contributed by atoms with E-state index in [0.717, 1.165) is 22.5 Å². The van der Waals surface area contributed by atoms with Gasteiger partial charge >= 0.3 is 0 Å². The largest absolute Gasteiger partial charge is 0.493 e. The van der Waals surface area contributed by atoms with Gasteiger partial charge in [-0.05, 0) is 65.7 Å². The first-order chi connectivity index (χ1) is 19.6. The number of hydrogen-bond donors (Lipinski definition) is 3. The number of para-hydroxylation sites is 2. The molecule has 4 aromatic carbocycles. The molecule has 0 radical (unpaired) electrons. The van der Waals surface area contributed by atoms with Crippen molar-refractivity contribution in [2.24, 2.45) is 5.10 Å². The van der Waals surface area contributed by atoms with Gasteiger partial charge < -0.3 is 20.1 Å². The average molecular weight is 536 g/mol. The number of ether oxygens (including phenoxy) is 2. The van der Waals surface area contributed by atoms with Crippen molar-refractivity contribution in [1.82, 2.24) is 15.0 Å². The zero-order valence-corrected chi connectivity index (χ0v) is 21.6. The van der Waals surface area contributed by atoms with Crippen LogP contribution >= 0.6 is 0 Å². The van der Waals surface area contributed by atoms with E-state index >= 15 is 0 Å². The number of nitrogens with zero attached hydrogens (tertiary/aromatic N) is 4. The Morgan fingerprint density at radius 3 is 1.93 bits per heavy atom. The highest BCUT2D eigenvalue weighted by Gasteiger charge is 2.09. The predicted molar refractivity (Wildman–Crippen MR) is 154 cm³/mol. The highest BCUT2D eigenvalue weighted by molar-refractivity contribution is 5.81. The third-order valence-corrected chi connectivity index (χ3v) is 5.57. The van der Waals surface area contributed by atoms with Crippen LogP contribution in [0.5, 0.6) is 11.5 Å². The molecular weight excluding hydrogens is 509 g/mol. The van der Waals surface area contributed by atoms with Gasteiger partial charge in [-0.2, -0.15) is 20.1 Å². The van der Waals surface area contributed by atoms with Crippen molar-refractivity contribution in [3.8, 4) is 11.5 Å². The van der Waals surface area contributed by atoms with Gasteiger partial charge in [0.05, 0.1) is 13.3 Å². The number of methoxy groups -OCH3 is 1. The molecule has 200 valence electrons. The van der Waals surface area contributed by atoms with Gasteiger partial charge in [0, 0.05) is 11.4 Å². The van der Waals surface area contributed by atoms with Gasteiger partial charge in [-0.1, -0.05) is 48.5 Å². The molecule has 1 heterocycles. The number of benzene rings is 4. The van der Waals surface area contributed by atoms with Crippen molar-refractivity contribution < 1.29 is 13.9 Å². The van der Waals surface area contributed by atoms with E-state index < -0.39 is 0 Å². The van der Waals surface area contributed by atoms with E-state index in [1.54, 1.807) is 37.6 Å². The molecule has 10 heteroatoms. The molecule has 5 rings (SSSR count). The zero-order valence-electron chi connectivity index (χ0n) is 21.6. The molecule has 0 saturated heterocycles. The van der Waals surface area contributed by atoms with Crippen LogP contribution in [-0.4, -0.2) is 28.3 Å². The molecule has 5 aromatic rings. The SMILES string of the molecule is COc1cc(/C=N/Nc2nc(Nc3ccccc3)nc(Nc3ccccc3)n2)ccc1OCc1ccc(F)cc1. The molecular formula is C30H26FN7O2. The molecule has 9 nitrogen and oxygen atoms in total. The number of rotatable bonds is 11. The van der Waals surface area contributed by atoms with E-state index in [1.165, 1.54) is 12.1 Å². The molecule has 0 atom stereocenters. The van der Waals surface area contributed by atoms with Crippen LogP contribution in [0.4, 0.5) is 33.6 Å². The summed E-state index contributed by atoms with van der Waals surface area (Å²) in [5, 5.41) is 10.7. The second-order valence-corrected chi connectivity index (χ2v) is 8.48. The first-order valence-electron chi connectivity index (χ1n) is 12.4. The van der Waals surface area contributed by atoms with Crippen LogP contribution in [0.2, 0.25) is 0 Å². The summed E-state index contributed by atoms with van der Waals surface area (Å²) in [7, 11) is 1.56. The lowest BCUT2D eigenvalue weighted by Gasteiger charge is -2.11. The average Bonchev–Trinajstić information content (AvgIpc) is 2.98. The lowest BCUT2D eigenvalue weighted by molar-refractivity contribution is 0.284. The third-order valence-electron chi connectivity index (χ3n) is 5.57. The number of nitrogens with one attached hydrogen (secondary N) is 3. The van der Waals surface area contributed by atoms with E-state index in [1.807, 2.05) is 66.7 Å². The van der Waals surface area contributed by atoms with Gasteiger partial charge in [0.1, 0.15) is 12.4 Å². The number of halogens is 1. The van der Waals surface area contributed by atoms with E-state index in [0.29, 0.717) is 23.4 Å². The molecule has 0 amide bonds. The second kappa shape index (κ2) is 12.8. The summed E-state index contributed by atoms with van der Waals surface area (Å²) < 4.78 is 24.5. The van der Waals surface area contributed by atoms with Gasteiger partial charge in [0.15, 0.2) is 11.5 Å². The van der Waals surface area contributed by atoms with Gasteiger partial charge in [-0.3, -0.25) is 0 Å². The fraction of sp³-hybridized carbons (Fsp3) is 0.0667. The first kappa shape index (κ1) is 26.1. The van der Waals surface area contributed by atoms with Crippen LogP contribution in [-0.2, 0) is 6.61 Å². The minimum Gasteiger partial charge on any atom is -0.493 e. The van der Waals surface area contributed by atoms with Crippen molar-refractivity contribution in [2.75, 3.05) is 23.2 Å². The highest BCUT2D eigenvalue weighted by Crippen LogP contribution is 2.28. The predicted octanol–water partition coefficient (Wildman–Crippen LogP) is 6.53. The van der Waals surface area contributed by atoms with Gasteiger partial charge in [-0.25, -0.2) is 9.82 Å². The maximum Gasteiger partial charge on any atom is 0.250 e. The Balaban J connectivity index is 1.29. The molecule has 0 unspecified atom stereocenters. The van der Waals surface area contributed by atoms with Crippen molar-refractivity contribution in [3.63, 3.8) is 0 Å². The van der Waals surface area contributed by atoms with Crippen LogP contribution in [0.1, 0.15) is 11.1 Å². The smallest absolute Gasteiger partial charge is 0.250 e. The molecule has 1 aromatic heterocycles. The molecule has 0 spiro atoms. The van der Waals surface area contributed by atoms with Crippen molar-refractivity contribution in [2.45, 2.75) is 6.61 Å². The fourth-order valence-electron chi connectivity index (χ4n) is 3.63. The molecule has 0 aliphatic carbocycles. The Morgan fingerprint density at radius 1 is 0.725 bits per heavy atom. The Bertz CT molecular complexity index is 1510. The molecule has 40 heavy (non-hydrogen) atoms. The van der Waals surface area contributed by atoms with Gasteiger partial charge in [0.2, 0.25) is 17.8 Å². The number of anilines is 5. The second-order valence-electron chi connectivity index (χ2n) is 8.48. The highest BCUT2D eigenvalue weighted by atomic mass is 19.1. The van der Waals surface area contributed by atoms with Gasteiger partial charge in [-0.15, -0.1) is 0 Å². The van der Waals surface area contributed by atoms with Gasteiger partial charge in [0.25, 0.3) is 0 Å². The molecule has 0 fully saturated rings. The monoisotopic (exact) mass is 535 g/mol. The zero-order chi connectivity index (χ0) is 27.6. The summed E-state index contributed by atoms with van der Waals surface area (Å²) >= 11 is 0. The summed E-state index contributed by atoms with van der Waals surface area (Å²) in [5.74, 6) is 1.75. The third kappa shape index (κ3) is 7.29. The maximum atomic E-state index is 13.1. The molecule has 0 aliphatic heterocycles. The Hall–Kier alpha value is -5.51. The van der Waals surface area contributed by atoms with Crippen LogP contribution in [0.15, 0.2) is 108 Å². The van der Waals surface area contributed by atoms with E-state index in [-0.39, 0.29) is 18.4 Å². The van der Waals surface area contributed by atoms with Crippen molar-refractivity contribution >= 4 is 35.4 Å². The summed E-state index contributed by atoms with van der Waals surface area (Å²) in [6.07, 6.45) is 1.62.